The lowest BCUT2D eigenvalue weighted by Gasteiger charge is -2.31. The van der Waals surface area contributed by atoms with Crippen LogP contribution in [-0.4, -0.2) is 27.7 Å². The van der Waals surface area contributed by atoms with Crippen LogP contribution in [0, 0.1) is 0 Å². The average molecular weight is 418 g/mol. The summed E-state index contributed by atoms with van der Waals surface area (Å²) in [5, 5.41) is 12.2. The smallest absolute Gasteiger partial charge is 0.343 e. The number of carbonyl (C=O) groups is 1. The van der Waals surface area contributed by atoms with Crippen molar-refractivity contribution in [3.63, 3.8) is 0 Å². The fraction of sp³-hybridized carbons (Fsp3) is 0.375. The van der Waals surface area contributed by atoms with E-state index in [4.69, 9.17) is 14.5 Å². The van der Waals surface area contributed by atoms with Gasteiger partial charge in [-0.05, 0) is 48.9 Å². The molecule has 0 amide bonds. The molecule has 1 N–H and O–H groups in total. The molecule has 1 aromatic carbocycles. The van der Waals surface area contributed by atoms with Crippen molar-refractivity contribution in [1.29, 1.82) is 0 Å². The number of aliphatic hydroxyl groups is 1. The van der Waals surface area contributed by atoms with E-state index in [0.717, 1.165) is 41.8 Å². The van der Waals surface area contributed by atoms with E-state index < -0.39 is 11.6 Å². The second-order valence-corrected chi connectivity index (χ2v) is 8.55. The fourth-order valence-electron chi connectivity index (χ4n) is 5.41. The van der Waals surface area contributed by atoms with Gasteiger partial charge >= 0.3 is 5.97 Å². The molecule has 1 atom stereocenters. The monoisotopic (exact) mass is 418 g/mol. The Kier molecular flexibility index (Phi) is 3.69. The van der Waals surface area contributed by atoms with Crippen LogP contribution >= 0.6 is 0 Å². The van der Waals surface area contributed by atoms with Crippen LogP contribution in [0.5, 0.6) is 5.75 Å². The number of ether oxygens (including phenoxy) is 2. The zero-order chi connectivity index (χ0) is 21.5. The first-order valence-electron chi connectivity index (χ1n) is 10.7. The molecule has 7 heteroatoms. The first-order valence-corrected chi connectivity index (χ1v) is 10.7. The van der Waals surface area contributed by atoms with Crippen molar-refractivity contribution in [2.45, 2.75) is 51.4 Å². The number of nitrogens with zero attached hydrogens (tertiary/aromatic N) is 2. The second-order valence-electron chi connectivity index (χ2n) is 8.55. The minimum Gasteiger partial charge on any atom is -0.497 e. The van der Waals surface area contributed by atoms with Gasteiger partial charge in [-0.25, -0.2) is 9.78 Å². The molecule has 31 heavy (non-hydrogen) atoms. The summed E-state index contributed by atoms with van der Waals surface area (Å²) < 4.78 is 12.3. The summed E-state index contributed by atoms with van der Waals surface area (Å²) in [5.41, 5.74) is 4.43. The molecule has 3 aliphatic rings. The van der Waals surface area contributed by atoms with Crippen molar-refractivity contribution in [3.05, 3.63) is 56.4 Å². The molecule has 0 radical (unpaired) electrons. The Labute approximate surface area is 178 Å². The SMILES string of the molecule is CC[C@@]1(O)C(=O)OCc2c1cc1n(c2=O)Cc2c-1nc1cc(OC)cc3c1c2CCC3. The van der Waals surface area contributed by atoms with Gasteiger partial charge in [0.25, 0.3) is 5.56 Å². The molecule has 7 nitrogen and oxygen atoms in total. The number of aryl methyl sites for hydroxylation is 2. The maximum Gasteiger partial charge on any atom is 0.343 e. The number of esters is 1. The molecule has 0 bridgehead atoms. The molecule has 0 fully saturated rings. The molecule has 0 spiro atoms. The summed E-state index contributed by atoms with van der Waals surface area (Å²) in [6.07, 6.45) is 3.08. The molecular weight excluding hydrogens is 396 g/mol. The Balaban J connectivity index is 1.67. The molecule has 0 saturated heterocycles. The van der Waals surface area contributed by atoms with Gasteiger partial charge in [0.1, 0.15) is 12.4 Å². The minimum absolute atomic E-state index is 0.116. The predicted octanol–water partition coefficient (Wildman–Crippen LogP) is 2.58. The topological polar surface area (TPSA) is 90.7 Å². The molecule has 2 aliphatic heterocycles. The summed E-state index contributed by atoms with van der Waals surface area (Å²) >= 11 is 0. The number of methoxy groups -OCH3 is 1. The van der Waals surface area contributed by atoms with Crippen molar-refractivity contribution in [2.24, 2.45) is 0 Å². The van der Waals surface area contributed by atoms with Gasteiger partial charge in [0.05, 0.1) is 36.1 Å². The summed E-state index contributed by atoms with van der Waals surface area (Å²) in [4.78, 5) is 30.7. The van der Waals surface area contributed by atoms with Gasteiger partial charge in [-0.1, -0.05) is 6.92 Å². The minimum atomic E-state index is -1.81. The van der Waals surface area contributed by atoms with E-state index in [9.17, 15) is 14.7 Å². The van der Waals surface area contributed by atoms with Crippen LogP contribution in [-0.2, 0) is 41.1 Å². The summed E-state index contributed by atoms with van der Waals surface area (Å²) in [5.74, 6) is 0.0627. The van der Waals surface area contributed by atoms with Crippen molar-refractivity contribution in [1.82, 2.24) is 9.55 Å². The maximum absolute atomic E-state index is 13.4. The van der Waals surface area contributed by atoms with E-state index in [0.29, 0.717) is 23.4 Å². The van der Waals surface area contributed by atoms with Crippen LogP contribution in [0.2, 0.25) is 0 Å². The lowest BCUT2D eigenvalue weighted by molar-refractivity contribution is -0.172. The lowest BCUT2D eigenvalue weighted by atomic mass is 9.85. The number of hydrogen-bond acceptors (Lipinski definition) is 6. The standard InChI is InChI=1S/C24H22N2O5/c1-3-24(29)17-9-19-21-15(10-26(19)22(27)16(17)11-31-23(24)28)14-6-4-5-12-7-13(30-2)8-18(25-21)20(12)14/h7-9,29H,3-6,10-11H2,1-2H3/t24-/m0/s1. The van der Waals surface area contributed by atoms with Crippen LogP contribution in [0.1, 0.15) is 47.6 Å². The third-order valence-corrected chi connectivity index (χ3v) is 7.07. The Bertz CT molecular complexity index is 1370. The zero-order valence-corrected chi connectivity index (χ0v) is 17.4. The molecule has 3 aromatic rings. The van der Waals surface area contributed by atoms with E-state index in [-0.39, 0.29) is 18.6 Å². The molecule has 0 unspecified atom stereocenters. The molecular formula is C24H22N2O5. The summed E-state index contributed by atoms with van der Waals surface area (Å²) in [6.45, 7) is 2.04. The number of fused-ring (bicyclic) bond motifs is 5. The van der Waals surface area contributed by atoms with E-state index in [1.807, 2.05) is 6.07 Å². The normalized spacial score (nSPS) is 20.8. The van der Waals surface area contributed by atoms with Crippen LogP contribution in [0.15, 0.2) is 23.0 Å². The van der Waals surface area contributed by atoms with Crippen LogP contribution < -0.4 is 10.3 Å². The fourth-order valence-corrected chi connectivity index (χ4v) is 5.41. The van der Waals surface area contributed by atoms with Gasteiger partial charge < -0.3 is 19.1 Å². The molecule has 4 heterocycles. The van der Waals surface area contributed by atoms with E-state index >= 15 is 0 Å². The molecule has 0 saturated carbocycles. The largest absolute Gasteiger partial charge is 0.497 e. The lowest BCUT2D eigenvalue weighted by Crippen LogP contribution is -2.44. The predicted molar refractivity (Wildman–Crippen MR) is 113 cm³/mol. The number of carbonyl (C=O) groups excluding carboxylic acids is 1. The number of aromatic nitrogens is 2. The quantitative estimate of drug-likeness (QED) is 0.503. The Morgan fingerprint density at radius 3 is 2.81 bits per heavy atom. The number of hydrogen-bond donors (Lipinski definition) is 1. The third kappa shape index (κ3) is 2.29. The Morgan fingerprint density at radius 1 is 1.19 bits per heavy atom. The molecule has 6 rings (SSSR count). The van der Waals surface area contributed by atoms with Gasteiger partial charge in [-0.2, -0.15) is 0 Å². The van der Waals surface area contributed by atoms with Crippen molar-refractivity contribution >= 4 is 16.9 Å². The van der Waals surface area contributed by atoms with Crippen molar-refractivity contribution in [3.8, 4) is 17.1 Å². The second kappa shape index (κ2) is 6.17. The number of rotatable bonds is 2. The van der Waals surface area contributed by atoms with Gasteiger partial charge in [-0.3, -0.25) is 4.79 Å². The van der Waals surface area contributed by atoms with Gasteiger partial charge in [-0.15, -0.1) is 0 Å². The maximum atomic E-state index is 13.4. The highest BCUT2D eigenvalue weighted by Crippen LogP contribution is 2.43. The van der Waals surface area contributed by atoms with Gasteiger partial charge in [0.2, 0.25) is 0 Å². The van der Waals surface area contributed by atoms with E-state index in [1.165, 1.54) is 16.5 Å². The van der Waals surface area contributed by atoms with Crippen LogP contribution in [0.25, 0.3) is 22.3 Å². The van der Waals surface area contributed by atoms with Gasteiger partial charge in [0.15, 0.2) is 5.60 Å². The number of pyridine rings is 2. The molecule has 158 valence electrons. The van der Waals surface area contributed by atoms with Crippen LogP contribution in [0.4, 0.5) is 0 Å². The Morgan fingerprint density at radius 2 is 2.03 bits per heavy atom. The van der Waals surface area contributed by atoms with Crippen molar-refractivity contribution in [2.75, 3.05) is 7.11 Å². The first-order chi connectivity index (χ1) is 15.0. The number of cyclic esters (lactones) is 1. The third-order valence-electron chi connectivity index (χ3n) is 7.07. The van der Waals surface area contributed by atoms with E-state index in [2.05, 4.69) is 6.07 Å². The highest BCUT2D eigenvalue weighted by atomic mass is 16.6. The average Bonchev–Trinajstić information content (AvgIpc) is 3.16. The van der Waals surface area contributed by atoms with E-state index in [1.54, 1.807) is 24.7 Å². The van der Waals surface area contributed by atoms with Crippen molar-refractivity contribution < 1.29 is 19.4 Å². The summed E-state index contributed by atoms with van der Waals surface area (Å²) in [7, 11) is 1.65. The summed E-state index contributed by atoms with van der Waals surface area (Å²) in [6, 6.07) is 5.78. The molecule has 2 aromatic heterocycles. The first kappa shape index (κ1) is 18.6. The highest BCUT2D eigenvalue weighted by Gasteiger charge is 2.45. The molecule has 1 aliphatic carbocycles. The highest BCUT2D eigenvalue weighted by molar-refractivity contribution is 5.92. The van der Waals surface area contributed by atoms with Crippen LogP contribution in [0.3, 0.4) is 0 Å². The number of benzene rings is 1. The Hall–Kier alpha value is -3.19. The van der Waals surface area contributed by atoms with Gasteiger partial charge in [0, 0.05) is 22.6 Å². The zero-order valence-electron chi connectivity index (χ0n) is 17.4.